The molecule has 0 atom stereocenters. The molecule has 0 unspecified atom stereocenters. The van der Waals surface area contributed by atoms with Gasteiger partial charge in [0.25, 0.3) is 0 Å². The molecule has 0 aliphatic rings. The van der Waals surface area contributed by atoms with E-state index in [0.717, 1.165) is 144 Å². The van der Waals surface area contributed by atoms with E-state index in [0.29, 0.717) is 11.4 Å². The molecule has 0 bridgehead atoms. The minimum atomic E-state index is -0.350. The Morgan fingerprint density at radius 1 is 0.238 bits per heavy atom. The minimum Gasteiger partial charge on any atom is -0.306 e. The Kier molecular flexibility index (Phi) is 13.2. The first-order valence-corrected chi connectivity index (χ1v) is 28.7. The summed E-state index contributed by atoms with van der Waals surface area (Å²) in [6.45, 7) is 8.36. The van der Waals surface area contributed by atoms with E-state index in [2.05, 4.69) is 232 Å². The van der Waals surface area contributed by atoms with Crippen molar-refractivity contribution in [1.29, 1.82) is 0 Å². The number of nitrogens with zero attached hydrogens (tertiary/aromatic N) is 2. The molecule has 0 spiro atoms. The molecule has 0 saturated carbocycles. The Balaban J connectivity index is 1.08. The summed E-state index contributed by atoms with van der Waals surface area (Å²) < 4.78 is 37.2. The van der Waals surface area contributed by atoms with Crippen LogP contribution >= 0.6 is 0 Å². The number of hydrogen-bond donors (Lipinski definition) is 0. The molecule has 402 valence electrons. The first kappa shape index (κ1) is 51.7. The van der Waals surface area contributed by atoms with Crippen LogP contribution in [0.2, 0.25) is 0 Å². The molecule has 0 amide bonds. The Bertz CT molecular complexity index is 4510. The predicted octanol–water partition coefficient (Wildman–Crippen LogP) is 23.0. The summed E-state index contributed by atoms with van der Waals surface area (Å²) in [5.74, 6) is -0.699. The maximum atomic E-state index is 18.6. The van der Waals surface area contributed by atoms with Crippen molar-refractivity contribution in [1.82, 2.24) is 0 Å². The lowest BCUT2D eigenvalue weighted by Crippen LogP contribution is -2.16. The smallest absolute Gasteiger partial charge is 0.148 e. The van der Waals surface area contributed by atoms with Gasteiger partial charge >= 0.3 is 0 Å². The summed E-state index contributed by atoms with van der Waals surface area (Å²) in [5, 5.41) is 5.97. The van der Waals surface area contributed by atoms with Crippen molar-refractivity contribution in [2.24, 2.45) is 0 Å². The van der Waals surface area contributed by atoms with Crippen molar-refractivity contribution in [2.75, 3.05) is 9.80 Å². The number of halogens is 2. The third-order valence-electron chi connectivity index (χ3n) is 16.9. The molecule has 0 fully saturated rings. The zero-order valence-corrected chi connectivity index (χ0v) is 47.2. The number of benzene rings is 14. The lowest BCUT2D eigenvalue weighted by molar-refractivity contribution is 0.629. The van der Waals surface area contributed by atoms with Crippen molar-refractivity contribution in [3.63, 3.8) is 0 Å². The van der Waals surface area contributed by atoms with E-state index in [4.69, 9.17) is 0 Å². The topological polar surface area (TPSA) is 6.48 Å². The largest absolute Gasteiger partial charge is 0.306 e. The average molecular weight is 1090 g/mol. The standard InChI is InChI=1S/C80H58F2N2/c1-51-23-11-15-31-61(51)59-47-69(63-33-17-13-25-53(63)3)79(71(81)49-59)83(73-37-21-19-35-65(73)55-27-7-5-8-28-55)75-45-41-57-40-44-68-76(46-42-58-39-43-67(75)77(57)78(58)68)84(74-38-22-20-36-66(74)56-29-9-6-10-30-56)80-70(64-34-18-14-26-54(64)4)48-60(50-72(80)82)62-32-16-12-24-52(62)2/h5-50H,1-4H3. The Labute approximate surface area is 489 Å². The van der Waals surface area contributed by atoms with Gasteiger partial charge in [-0.25, -0.2) is 8.78 Å². The molecule has 0 aliphatic heterocycles. The zero-order chi connectivity index (χ0) is 57.0. The molecular formula is C80H58F2N2. The Morgan fingerprint density at radius 3 is 0.917 bits per heavy atom. The summed E-state index contributed by atoms with van der Waals surface area (Å²) in [6, 6.07) is 95.6. The number of anilines is 6. The fourth-order valence-electron chi connectivity index (χ4n) is 12.9. The van der Waals surface area contributed by atoms with Crippen LogP contribution < -0.4 is 9.80 Å². The fraction of sp³-hybridized carbons (Fsp3) is 0.0500. The van der Waals surface area contributed by atoms with Crippen molar-refractivity contribution in [3.8, 4) is 66.8 Å². The quantitative estimate of drug-likeness (QED) is 0.113. The number of hydrogen-bond acceptors (Lipinski definition) is 2. The van der Waals surface area contributed by atoms with Crippen molar-refractivity contribution in [3.05, 3.63) is 313 Å². The number of para-hydroxylation sites is 2. The van der Waals surface area contributed by atoms with Gasteiger partial charge in [0.1, 0.15) is 11.6 Å². The molecule has 0 aromatic heterocycles. The van der Waals surface area contributed by atoms with Gasteiger partial charge in [-0.05, 0) is 165 Å². The average Bonchev–Trinajstić information content (AvgIpc) is 1.44. The highest BCUT2D eigenvalue weighted by atomic mass is 19.1. The molecule has 0 saturated heterocycles. The molecule has 0 N–H and O–H groups in total. The second kappa shape index (κ2) is 21.5. The lowest BCUT2D eigenvalue weighted by atomic mass is 9.89. The molecule has 14 aromatic rings. The van der Waals surface area contributed by atoms with Crippen LogP contribution in [0.25, 0.3) is 99.1 Å². The third-order valence-corrected chi connectivity index (χ3v) is 16.9. The minimum absolute atomic E-state index is 0.350. The van der Waals surface area contributed by atoms with E-state index in [1.807, 2.05) is 72.8 Å². The molecular weight excluding hydrogens is 1030 g/mol. The van der Waals surface area contributed by atoms with Gasteiger partial charge in [0.15, 0.2) is 0 Å². The molecule has 0 heterocycles. The van der Waals surface area contributed by atoms with Gasteiger partial charge in [-0.15, -0.1) is 0 Å². The second-order valence-electron chi connectivity index (χ2n) is 22.0. The monoisotopic (exact) mass is 1080 g/mol. The fourth-order valence-corrected chi connectivity index (χ4v) is 12.9. The van der Waals surface area contributed by atoms with E-state index < -0.39 is 0 Å². The van der Waals surface area contributed by atoms with E-state index in [1.165, 1.54) is 0 Å². The maximum absolute atomic E-state index is 18.6. The molecule has 0 aliphatic carbocycles. The van der Waals surface area contributed by atoms with Gasteiger partial charge in [-0.1, -0.05) is 231 Å². The van der Waals surface area contributed by atoms with Gasteiger partial charge in [0.05, 0.1) is 34.1 Å². The van der Waals surface area contributed by atoms with Crippen LogP contribution in [0.4, 0.5) is 42.9 Å². The number of aryl methyl sites for hydroxylation is 4. The first-order chi connectivity index (χ1) is 41.2. The van der Waals surface area contributed by atoms with Crippen LogP contribution in [0.15, 0.2) is 279 Å². The molecule has 0 radical (unpaired) electrons. The highest BCUT2D eigenvalue weighted by Crippen LogP contribution is 2.54. The van der Waals surface area contributed by atoms with Crippen molar-refractivity contribution < 1.29 is 8.78 Å². The van der Waals surface area contributed by atoms with E-state index >= 15 is 8.78 Å². The summed E-state index contributed by atoms with van der Waals surface area (Å²) >= 11 is 0. The highest BCUT2D eigenvalue weighted by Gasteiger charge is 2.31. The lowest BCUT2D eigenvalue weighted by Gasteiger charge is -2.33. The van der Waals surface area contributed by atoms with Crippen LogP contribution in [-0.4, -0.2) is 0 Å². The number of rotatable bonds is 12. The maximum Gasteiger partial charge on any atom is 0.148 e. The van der Waals surface area contributed by atoms with Crippen molar-refractivity contribution in [2.45, 2.75) is 27.7 Å². The molecule has 4 heteroatoms. The second-order valence-corrected chi connectivity index (χ2v) is 22.0. The summed E-state index contributed by atoms with van der Waals surface area (Å²) in [7, 11) is 0. The van der Waals surface area contributed by atoms with Crippen LogP contribution in [0, 0.1) is 39.3 Å². The van der Waals surface area contributed by atoms with Gasteiger partial charge < -0.3 is 9.80 Å². The first-order valence-electron chi connectivity index (χ1n) is 28.7. The van der Waals surface area contributed by atoms with Gasteiger partial charge in [0, 0.05) is 33.0 Å². The molecule has 84 heavy (non-hydrogen) atoms. The normalized spacial score (nSPS) is 11.5. The molecule has 14 aromatic carbocycles. The summed E-state index contributed by atoms with van der Waals surface area (Å²) in [5.41, 5.74) is 19.3. The Hall–Kier alpha value is -10.4. The van der Waals surface area contributed by atoms with E-state index in [1.54, 1.807) is 12.1 Å². The molecule has 2 nitrogen and oxygen atoms in total. The SMILES string of the molecule is Cc1ccccc1-c1cc(F)c(N(c2ccccc2-c2ccccc2)c2ccc3ccc4c(N(c5ccccc5-c5ccccc5)c5c(F)cc(-c6ccccc6C)cc5-c5ccccc5C)ccc5ccc2c3c54)c(-c2ccccc2C)c1. The Morgan fingerprint density at radius 2 is 0.548 bits per heavy atom. The van der Waals surface area contributed by atoms with Gasteiger partial charge in [0.2, 0.25) is 0 Å². The molecule has 14 rings (SSSR count). The van der Waals surface area contributed by atoms with Crippen LogP contribution in [0.3, 0.4) is 0 Å². The van der Waals surface area contributed by atoms with Crippen LogP contribution in [0.1, 0.15) is 22.3 Å². The summed E-state index contributed by atoms with van der Waals surface area (Å²) in [6.07, 6.45) is 0. The van der Waals surface area contributed by atoms with Crippen molar-refractivity contribution >= 4 is 66.4 Å². The van der Waals surface area contributed by atoms with E-state index in [-0.39, 0.29) is 11.6 Å². The van der Waals surface area contributed by atoms with E-state index in [9.17, 15) is 0 Å². The van der Waals surface area contributed by atoms with Crippen LogP contribution in [-0.2, 0) is 0 Å². The third kappa shape index (κ3) is 8.95. The zero-order valence-electron chi connectivity index (χ0n) is 47.2. The predicted molar refractivity (Wildman–Crippen MR) is 351 cm³/mol. The van der Waals surface area contributed by atoms with Gasteiger partial charge in [-0.2, -0.15) is 0 Å². The van der Waals surface area contributed by atoms with Gasteiger partial charge in [-0.3, -0.25) is 0 Å². The van der Waals surface area contributed by atoms with Crippen LogP contribution in [0.5, 0.6) is 0 Å². The summed E-state index contributed by atoms with van der Waals surface area (Å²) in [4.78, 5) is 4.33. The highest BCUT2D eigenvalue weighted by molar-refractivity contribution is 6.28.